The van der Waals surface area contributed by atoms with Crippen molar-refractivity contribution in [3.8, 4) is 0 Å². The predicted molar refractivity (Wildman–Crippen MR) is 87.8 cm³/mol. The van der Waals surface area contributed by atoms with Crippen molar-refractivity contribution in [3.05, 3.63) is 29.8 Å². The van der Waals surface area contributed by atoms with Crippen LogP contribution in [0.1, 0.15) is 38.7 Å². The molecule has 0 heterocycles. The Morgan fingerprint density at radius 3 is 2.45 bits per heavy atom. The number of benzene rings is 1. The Labute approximate surface area is 131 Å². The maximum atomic E-state index is 12.1. The molecule has 0 amide bonds. The summed E-state index contributed by atoms with van der Waals surface area (Å²) in [6, 6.07) is 7.17. The molecule has 3 nitrogen and oxygen atoms in total. The molecule has 0 saturated carbocycles. The lowest BCUT2D eigenvalue weighted by molar-refractivity contribution is 0.546. The minimum atomic E-state index is -3.36. The van der Waals surface area contributed by atoms with Gasteiger partial charge in [0.25, 0.3) is 0 Å². The molecule has 20 heavy (non-hydrogen) atoms. The van der Waals surface area contributed by atoms with Gasteiger partial charge >= 0.3 is 0 Å². The maximum absolute atomic E-state index is 12.1. The Bertz CT molecular complexity index is 485. The van der Waals surface area contributed by atoms with Crippen LogP contribution in [0.3, 0.4) is 0 Å². The average Bonchev–Trinajstić information content (AvgIpc) is 2.44. The summed E-state index contributed by atoms with van der Waals surface area (Å²) < 4.78 is 26.9. The molecule has 0 fully saturated rings. The van der Waals surface area contributed by atoms with Gasteiger partial charge in [-0.1, -0.05) is 48.3 Å². The molecule has 1 aromatic carbocycles. The third-order valence-electron chi connectivity index (χ3n) is 3.20. The van der Waals surface area contributed by atoms with E-state index in [1.807, 2.05) is 12.1 Å². The van der Waals surface area contributed by atoms with Gasteiger partial charge in [0.15, 0.2) is 0 Å². The Kier molecular flexibility index (Phi) is 7.77. The summed E-state index contributed by atoms with van der Waals surface area (Å²) >= 11 is 3.42. The Hall–Kier alpha value is -0.390. The summed E-state index contributed by atoms with van der Waals surface area (Å²) in [5, 5.41) is 0.957. The van der Waals surface area contributed by atoms with E-state index in [1.54, 1.807) is 12.1 Å². The SMILES string of the molecule is CCCc1ccc(S(=O)(=O)NCCCC(C)CBr)cc1. The third-order valence-corrected chi connectivity index (χ3v) is 5.78. The van der Waals surface area contributed by atoms with Crippen LogP contribution in [0.25, 0.3) is 0 Å². The van der Waals surface area contributed by atoms with Gasteiger partial charge in [0, 0.05) is 11.9 Å². The molecule has 0 spiro atoms. The minimum absolute atomic E-state index is 0.353. The van der Waals surface area contributed by atoms with Crippen molar-refractivity contribution in [2.75, 3.05) is 11.9 Å². The highest BCUT2D eigenvalue weighted by atomic mass is 79.9. The van der Waals surface area contributed by atoms with Crippen molar-refractivity contribution in [1.82, 2.24) is 4.72 Å². The van der Waals surface area contributed by atoms with E-state index < -0.39 is 10.0 Å². The molecule has 0 aliphatic carbocycles. The van der Waals surface area contributed by atoms with Crippen LogP contribution >= 0.6 is 15.9 Å². The molecule has 0 aliphatic rings. The molecular weight excluding hydrogens is 338 g/mol. The van der Waals surface area contributed by atoms with E-state index in [2.05, 4.69) is 34.5 Å². The minimum Gasteiger partial charge on any atom is -0.211 e. The largest absolute Gasteiger partial charge is 0.240 e. The number of alkyl halides is 1. The quantitative estimate of drug-likeness (QED) is 0.537. The van der Waals surface area contributed by atoms with Gasteiger partial charge in [-0.05, 0) is 42.9 Å². The molecule has 5 heteroatoms. The van der Waals surface area contributed by atoms with Crippen LogP contribution in [0.15, 0.2) is 29.2 Å². The molecule has 0 bridgehead atoms. The fourth-order valence-electron chi connectivity index (χ4n) is 1.94. The van der Waals surface area contributed by atoms with Gasteiger partial charge in [-0.15, -0.1) is 0 Å². The summed E-state index contributed by atoms with van der Waals surface area (Å²) in [7, 11) is -3.36. The van der Waals surface area contributed by atoms with Gasteiger partial charge < -0.3 is 0 Å². The first-order chi connectivity index (χ1) is 9.49. The summed E-state index contributed by atoms with van der Waals surface area (Å²) in [6.45, 7) is 4.76. The van der Waals surface area contributed by atoms with Gasteiger partial charge in [0.05, 0.1) is 4.90 Å². The summed E-state index contributed by atoms with van der Waals surface area (Å²) in [4.78, 5) is 0.353. The molecular formula is C15H24BrNO2S. The zero-order valence-corrected chi connectivity index (χ0v) is 14.6. The van der Waals surface area contributed by atoms with E-state index in [0.29, 0.717) is 17.4 Å². The molecule has 1 rings (SSSR count). The Balaban J connectivity index is 2.51. The standard InChI is InChI=1S/C15H24BrNO2S/c1-3-5-14-7-9-15(10-8-14)20(18,19)17-11-4-6-13(2)12-16/h7-10,13,17H,3-6,11-12H2,1-2H3. The van der Waals surface area contributed by atoms with Crippen LogP contribution in [0.2, 0.25) is 0 Å². The van der Waals surface area contributed by atoms with Crippen molar-refractivity contribution in [2.24, 2.45) is 5.92 Å². The molecule has 0 radical (unpaired) electrons. The second-order valence-corrected chi connectivity index (χ2v) is 7.61. The highest BCUT2D eigenvalue weighted by Crippen LogP contribution is 2.12. The van der Waals surface area contributed by atoms with Crippen molar-refractivity contribution in [2.45, 2.75) is 44.4 Å². The van der Waals surface area contributed by atoms with Crippen molar-refractivity contribution < 1.29 is 8.42 Å². The molecule has 0 saturated heterocycles. The molecule has 1 atom stereocenters. The van der Waals surface area contributed by atoms with Crippen LogP contribution in [-0.2, 0) is 16.4 Å². The lowest BCUT2D eigenvalue weighted by Gasteiger charge is -2.09. The summed E-state index contributed by atoms with van der Waals surface area (Å²) in [5.74, 6) is 0.577. The smallest absolute Gasteiger partial charge is 0.211 e. The van der Waals surface area contributed by atoms with E-state index in [9.17, 15) is 8.42 Å². The first-order valence-corrected chi connectivity index (χ1v) is 9.74. The van der Waals surface area contributed by atoms with Crippen LogP contribution < -0.4 is 4.72 Å². The lowest BCUT2D eigenvalue weighted by Crippen LogP contribution is -2.25. The first kappa shape index (κ1) is 17.7. The van der Waals surface area contributed by atoms with Gasteiger partial charge in [0.2, 0.25) is 10.0 Å². The maximum Gasteiger partial charge on any atom is 0.240 e. The van der Waals surface area contributed by atoms with Crippen LogP contribution in [0, 0.1) is 5.92 Å². The second kappa shape index (κ2) is 8.80. The molecule has 1 unspecified atom stereocenters. The van der Waals surface area contributed by atoms with Gasteiger partial charge in [-0.2, -0.15) is 0 Å². The highest BCUT2D eigenvalue weighted by molar-refractivity contribution is 9.09. The number of hydrogen-bond acceptors (Lipinski definition) is 2. The average molecular weight is 362 g/mol. The number of halogens is 1. The van der Waals surface area contributed by atoms with Crippen molar-refractivity contribution in [3.63, 3.8) is 0 Å². The molecule has 1 aromatic rings. The molecule has 1 N–H and O–H groups in total. The number of rotatable bonds is 9. The topological polar surface area (TPSA) is 46.2 Å². The van der Waals surface area contributed by atoms with Crippen molar-refractivity contribution in [1.29, 1.82) is 0 Å². The first-order valence-electron chi connectivity index (χ1n) is 7.14. The fraction of sp³-hybridized carbons (Fsp3) is 0.600. The Morgan fingerprint density at radius 1 is 1.25 bits per heavy atom. The van der Waals surface area contributed by atoms with E-state index in [1.165, 1.54) is 5.56 Å². The lowest BCUT2D eigenvalue weighted by atomic mass is 10.1. The molecule has 114 valence electrons. The predicted octanol–water partition coefficient (Wildman–Crippen LogP) is 3.73. The van der Waals surface area contributed by atoms with Crippen molar-refractivity contribution >= 4 is 26.0 Å². The Morgan fingerprint density at radius 2 is 1.90 bits per heavy atom. The zero-order chi connectivity index (χ0) is 15.0. The number of hydrogen-bond donors (Lipinski definition) is 1. The van der Waals surface area contributed by atoms with Gasteiger partial charge in [-0.25, -0.2) is 13.1 Å². The van der Waals surface area contributed by atoms with Gasteiger partial charge in [-0.3, -0.25) is 0 Å². The number of nitrogens with one attached hydrogen (secondary N) is 1. The van der Waals surface area contributed by atoms with Crippen LogP contribution in [0.4, 0.5) is 0 Å². The fourth-order valence-corrected chi connectivity index (χ4v) is 3.34. The zero-order valence-electron chi connectivity index (χ0n) is 12.2. The third kappa shape index (κ3) is 5.94. The van der Waals surface area contributed by atoms with E-state index in [4.69, 9.17) is 0 Å². The number of sulfonamides is 1. The van der Waals surface area contributed by atoms with Crippen LogP contribution in [-0.4, -0.2) is 20.3 Å². The summed E-state index contributed by atoms with van der Waals surface area (Å²) in [6.07, 6.45) is 3.93. The van der Waals surface area contributed by atoms with Crippen LogP contribution in [0.5, 0.6) is 0 Å². The van der Waals surface area contributed by atoms with E-state index in [0.717, 1.165) is 31.0 Å². The summed E-state index contributed by atoms with van der Waals surface area (Å²) in [5.41, 5.74) is 1.18. The monoisotopic (exact) mass is 361 g/mol. The van der Waals surface area contributed by atoms with E-state index >= 15 is 0 Å². The molecule has 0 aliphatic heterocycles. The second-order valence-electron chi connectivity index (χ2n) is 5.19. The van der Waals surface area contributed by atoms with Gasteiger partial charge in [0.1, 0.15) is 0 Å². The van der Waals surface area contributed by atoms with E-state index in [-0.39, 0.29) is 0 Å². The molecule has 0 aromatic heterocycles. The number of aryl methyl sites for hydroxylation is 1. The highest BCUT2D eigenvalue weighted by Gasteiger charge is 2.13. The normalized spacial score (nSPS) is 13.3.